The van der Waals surface area contributed by atoms with Crippen molar-refractivity contribution >= 4 is 57.4 Å². The van der Waals surface area contributed by atoms with Crippen molar-refractivity contribution in [3.8, 4) is 11.4 Å². The Hall–Kier alpha value is -3.70. The molecule has 46 heavy (non-hydrogen) atoms. The number of carbonyl (C=O) groups excluding carboxylic acids is 2. The Kier molecular flexibility index (Phi) is 9.65. The van der Waals surface area contributed by atoms with Crippen LogP contribution in [-0.2, 0) is 28.3 Å². The second-order valence-electron chi connectivity index (χ2n) is 10.8. The van der Waals surface area contributed by atoms with Crippen LogP contribution in [0.15, 0.2) is 77.6 Å². The van der Waals surface area contributed by atoms with Crippen molar-refractivity contribution in [2.24, 2.45) is 0 Å². The van der Waals surface area contributed by atoms with Crippen LogP contribution >= 0.6 is 23.2 Å². The number of fused-ring (bicyclic) bond motifs is 5. The van der Waals surface area contributed by atoms with Gasteiger partial charge in [0, 0.05) is 27.8 Å². The number of carboxylic acid groups (broad SMARTS) is 1. The number of ether oxygens (including phenoxy) is 1. The normalized spacial score (nSPS) is 15.8. The van der Waals surface area contributed by atoms with Gasteiger partial charge in [0.2, 0.25) is 0 Å². The number of hydrogen-bond donors (Lipinski definition) is 2. The molecule has 2 N–H and O–H groups in total. The summed E-state index contributed by atoms with van der Waals surface area (Å²) in [4.78, 5) is 40.9. The first-order chi connectivity index (χ1) is 21.5. The molecular weight excluding hydrogens is 640 g/mol. The number of hydrogen-bond acceptors (Lipinski definition) is 8. The fourth-order valence-electron chi connectivity index (χ4n) is 5.60. The van der Waals surface area contributed by atoms with E-state index in [-0.39, 0.29) is 53.7 Å². The molecule has 1 unspecified atom stereocenters. The number of aromatic carboxylic acids is 1. The quantitative estimate of drug-likeness (QED) is 0.217. The number of halogens is 2. The molecule has 0 fully saturated rings. The van der Waals surface area contributed by atoms with Crippen LogP contribution in [0.5, 0.6) is 0 Å². The first-order valence-electron chi connectivity index (χ1n) is 14.1. The van der Waals surface area contributed by atoms with Crippen LogP contribution in [0.2, 0.25) is 10.0 Å². The van der Waals surface area contributed by atoms with E-state index in [9.17, 15) is 24.6 Å². The van der Waals surface area contributed by atoms with Crippen molar-refractivity contribution in [1.82, 2.24) is 9.55 Å². The molecule has 0 aliphatic carbocycles. The zero-order valence-corrected chi connectivity index (χ0v) is 28.7. The molecule has 2 aromatic heterocycles. The number of aliphatic hydroxyl groups is 1. The average molecular weight is 666 g/mol. The molecule has 0 radical (unpaired) electrons. The third-order valence-corrected chi connectivity index (χ3v) is 8.91. The number of aryl methyl sites for hydroxylation is 1. The molecule has 0 amide bonds. The first kappa shape index (κ1) is 33.7. The van der Waals surface area contributed by atoms with Crippen molar-refractivity contribution in [3.05, 3.63) is 121 Å². The van der Waals surface area contributed by atoms with E-state index in [4.69, 9.17) is 32.9 Å². The molecule has 1 atom stereocenters. The zero-order chi connectivity index (χ0) is 32.0. The van der Waals surface area contributed by atoms with Crippen molar-refractivity contribution in [2.45, 2.75) is 39.0 Å². The summed E-state index contributed by atoms with van der Waals surface area (Å²) in [6.45, 7) is 3.85. The number of rotatable bonds is 4. The largest absolute Gasteiger partial charge is 1.00 e. The third-order valence-electron chi connectivity index (χ3n) is 8.11. The Morgan fingerprint density at radius 1 is 1.09 bits per heavy atom. The maximum Gasteiger partial charge on any atom is 1.00 e. The molecule has 0 bridgehead atoms. The predicted molar refractivity (Wildman–Crippen MR) is 170 cm³/mol. The summed E-state index contributed by atoms with van der Waals surface area (Å²) in [6.07, 6.45) is 0.139. The van der Waals surface area contributed by atoms with Crippen LogP contribution in [0.25, 0.3) is 22.3 Å². The molecule has 3 aromatic carbocycles. The number of para-hydroxylation sites is 2. The van der Waals surface area contributed by atoms with Crippen molar-refractivity contribution in [2.75, 3.05) is 5.32 Å². The zero-order valence-electron chi connectivity index (χ0n) is 25.2. The van der Waals surface area contributed by atoms with Gasteiger partial charge < -0.3 is 29.6 Å². The molecule has 0 saturated heterocycles. The molecular formula is C34H26Cl2N3NaO6. The molecule has 4 heterocycles. The molecule has 9 nitrogen and oxygen atoms in total. The van der Waals surface area contributed by atoms with Crippen LogP contribution < -0.4 is 45.5 Å². The van der Waals surface area contributed by atoms with Gasteiger partial charge in [-0.05, 0) is 49.2 Å². The number of benzene rings is 3. The van der Waals surface area contributed by atoms with E-state index in [1.807, 2.05) is 37.3 Å². The number of nitrogens with one attached hydrogen (secondary N) is 1. The Bertz CT molecular complexity index is 2100. The van der Waals surface area contributed by atoms with E-state index in [1.165, 1.54) is 6.07 Å². The molecule has 2 aliphatic heterocycles. The van der Waals surface area contributed by atoms with Gasteiger partial charge in [-0.1, -0.05) is 72.6 Å². The van der Waals surface area contributed by atoms with Gasteiger partial charge in [-0.2, -0.15) is 0 Å². The predicted octanol–water partition coefficient (Wildman–Crippen LogP) is 2.49. The summed E-state index contributed by atoms with van der Waals surface area (Å²) in [5.41, 5.74) is 3.58. The Morgan fingerprint density at radius 3 is 2.54 bits per heavy atom. The number of cyclic esters (lactones) is 1. The number of pyridine rings is 2. The van der Waals surface area contributed by atoms with Crippen LogP contribution in [0.3, 0.4) is 0 Å². The van der Waals surface area contributed by atoms with Crippen LogP contribution in [-0.4, -0.2) is 26.6 Å². The molecule has 7 rings (SSSR count). The minimum atomic E-state index is -1.79. The summed E-state index contributed by atoms with van der Waals surface area (Å²) in [7, 11) is 0. The summed E-state index contributed by atoms with van der Waals surface area (Å²) in [6, 6.07) is 21.5. The van der Waals surface area contributed by atoms with Gasteiger partial charge in [0.25, 0.3) is 5.56 Å². The summed E-state index contributed by atoms with van der Waals surface area (Å²) in [5.74, 6) is -1.97. The molecule has 2 aliphatic rings. The fraction of sp³-hybridized carbons (Fsp3) is 0.176. The molecule has 0 spiro atoms. The van der Waals surface area contributed by atoms with Crippen molar-refractivity contribution in [3.63, 3.8) is 0 Å². The number of nitrogens with zero attached hydrogens (tertiary/aromatic N) is 2. The van der Waals surface area contributed by atoms with Gasteiger partial charge >= 0.3 is 35.5 Å². The van der Waals surface area contributed by atoms with Gasteiger partial charge in [0.1, 0.15) is 6.61 Å². The topological polar surface area (TPSA) is 134 Å². The second kappa shape index (κ2) is 13.2. The Balaban J connectivity index is 0.000000187. The van der Waals surface area contributed by atoms with E-state index in [2.05, 4.69) is 5.32 Å². The molecule has 228 valence electrons. The number of carboxylic acids is 1. The minimum Gasteiger partial charge on any atom is -0.545 e. The average Bonchev–Trinajstić information content (AvgIpc) is 3.40. The number of carbonyl (C=O) groups is 2. The van der Waals surface area contributed by atoms with Gasteiger partial charge in [0.05, 0.1) is 50.7 Å². The van der Waals surface area contributed by atoms with E-state index >= 15 is 0 Å². The van der Waals surface area contributed by atoms with Gasteiger partial charge in [-0.3, -0.25) is 4.79 Å². The smallest absolute Gasteiger partial charge is 0.545 e. The summed E-state index contributed by atoms with van der Waals surface area (Å²) in [5, 5.41) is 26.7. The maximum absolute atomic E-state index is 13.0. The Morgan fingerprint density at radius 2 is 1.80 bits per heavy atom. The van der Waals surface area contributed by atoms with E-state index in [1.54, 1.807) is 47.9 Å². The monoisotopic (exact) mass is 665 g/mol. The SMILES string of the molecule is CCC1(O)C(=O)OCc2c1cc1n(c2=O)Cc2cc3ccccc3nc2-1.Cc1ccc(Cl)c(Nc2ccccc2C(=O)[O-])c1Cl.[Na+]. The van der Waals surface area contributed by atoms with Crippen LogP contribution in [0, 0.1) is 6.92 Å². The number of esters is 1. The fourth-order valence-corrected chi connectivity index (χ4v) is 6.07. The summed E-state index contributed by atoms with van der Waals surface area (Å²) < 4.78 is 6.72. The first-order valence-corrected chi connectivity index (χ1v) is 14.9. The molecule has 12 heteroatoms. The Labute approximate surface area is 296 Å². The number of aromatic nitrogens is 2. The molecule has 5 aromatic rings. The van der Waals surface area contributed by atoms with E-state index in [0.29, 0.717) is 44.8 Å². The summed E-state index contributed by atoms with van der Waals surface area (Å²) >= 11 is 12.2. The number of anilines is 2. The van der Waals surface area contributed by atoms with Gasteiger partial charge in [-0.15, -0.1) is 0 Å². The van der Waals surface area contributed by atoms with Crippen molar-refractivity contribution in [1.29, 1.82) is 0 Å². The molecule has 0 saturated carbocycles. The standard InChI is InChI=1S/C20H16N2O4.C14H11Cl2NO2.Na/c1-2-20(25)14-8-16-17-12(7-11-5-3-4-6-15(11)21-17)9-22(16)18(23)13(14)10-26-19(20)24;1-8-6-7-10(15)13(12(8)16)17-11-5-3-2-4-9(11)14(18)19;/h3-8,25H,2,9-10H2,1H3;2-7,17H,1H3,(H,18,19);/q;;+1/p-1. The van der Waals surface area contributed by atoms with Crippen LogP contribution in [0.1, 0.15) is 46.0 Å². The van der Waals surface area contributed by atoms with E-state index < -0.39 is 17.5 Å². The van der Waals surface area contributed by atoms with Crippen LogP contribution in [0.4, 0.5) is 11.4 Å². The van der Waals surface area contributed by atoms with Crippen molar-refractivity contribution < 1.29 is 54.1 Å². The second-order valence-corrected chi connectivity index (χ2v) is 11.6. The van der Waals surface area contributed by atoms with Gasteiger partial charge in [0.15, 0.2) is 5.60 Å². The maximum atomic E-state index is 13.0. The van der Waals surface area contributed by atoms with Gasteiger partial charge in [-0.25, -0.2) is 9.78 Å². The minimum absolute atomic E-state index is 0. The van der Waals surface area contributed by atoms with E-state index in [0.717, 1.165) is 27.7 Å². The third kappa shape index (κ3) is 5.83.